The number of cyclic esters (lactones) is 1. The van der Waals surface area contributed by atoms with Crippen LogP contribution < -0.4 is 5.43 Å². The maximum Gasteiger partial charge on any atom is 0.324 e. The molecule has 6 heterocycles. The quantitative estimate of drug-likeness (QED) is 0.256. The Labute approximate surface area is 336 Å². The van der Waals surface area contributed by atoms with Gasteiger partial charge in [0.25, 0.3) is 0 Å². The van der Waals surface area contributed by atoms with E-state index < -0.39 is 22.1 Å². The van der Waals surface area contributed by atoms with Gasteiger partial charge in [0, 0.05) is 89.3 Å². The van der Waals surface area contributed by atoms with Crippen molar-refractivity contribution in [1.29, 1.82) is 0 Å². The first kappa shape index (κ1) is 38.1. The third-order valence-electron chi connectivity index (χ3n) is 13.7. The van der Waals surface area contributed by atoms with E-state index in [0.29, 0.717) is 65.7 Å². The normalized spacial score (nSPS) is 33.4. The fourth-order valence-electron chi connectivity index (χ4n) is 10.5. The molecular formula is C44H54N5O5Si2. The molecule has 5 radical (unpaired) electrons. The van der Waals surface area contributed by atoms with Gasteiger partial charge < -0.3 is 14.0 Å². The zero-order valence-corrected chi connectivity index (χ0v) is 35.6. The maximum absolute atomic E-state index is 15.0. The monoisotopic (exact) mass is 788 g/mol. The summed E-state index contributed by atoms with van der Waals surface area (Å²) >= 11 is 0. The minimum atomic E-state index is -0.817. The van der Waals surface area contributed by atoms with Crippen LogP contribution in [0.1, 0.15) is 77.1 Å². The number of nitrogens with one attached hydrogen (secondary N) is 1. The Balaban J connectivity index is 1.17. The lowest BCUT2D eigenvalue weighted by Crippen LogP contribution is -2.65. The van der Waals surface area contributed by atoms with Crippen LogP contribution in [0.25, 0.3) is 27.7 Å². The summed E-state index contributed by atoms with van der Waals surface area (Å²) in [6.45, 7) is 14.2. The minimum Gasteiger partial charge on any atom is -0.464 e. The largest absolute Gasteiger partial charge is 0.464 e. The summed E-state index contributed by atoms with van der Waals surface area (Å²) < 4.78 is 14.5. The Bertz CT molecular complexity index is 2150. The number of carbonyl (C=O) groups excluding carboxylic acids is 3. The summed E-state index contributed by atoms with van der Waals surface area (Å²) in [5.41, 5.74) is 10.3. The average Bonchev–Trinajstić information content (AvgIpc) is 4.10. The van der Waals surface area contributed by atoms with Crippen molar-refractivity contribution in [2.45, 2.75) is 95.6 Å². The highest BCUT2D eigenvalue weighted by Crippen LogP contribution is 2.76. The van der Waals surface area contributed by atoms with E-state index in [1.807, 2.05) is 19.2 Å². The highest BCUT2D eigenvalue weighted by atomic mass is 28.2. The predicted molar refractivity (Wildman–Crippen MR) is 218 cm³/mol. The summed E-state index contributed by atoms with van der Waals surface area (Å²) in [7, 11) is 6.20. The van der Waals surface area contributed by atoms with Crippen molar-refractivity contribution < 1.29 is 23.9 Å². The van der Waals surface area contributed by atoms with Crippen LogP contribution in [0, 0.1) is 28.6 Å². The third-order valence-corrected chi connectivity index (χ3v) is 16.1. The fraction of sp³-hybridized carbons (Fsp3) is 0.591. The number of fused-ring (bicyclic) bond motifs is 8. The van der Waals surface area contributed by atoms with Gasteiger partial charge in [-0.05, 0) is 104 Å². The lowest BCUT2D eigenvalue weighted by atomic mass is 9.56. The van der Waals surface area contributed by atoms with Gasteiger partial charge in [-0.15, -0.1) is 0 Å². The number of aromatic nitrogens is 2. The Hall–Kier alpha value is -3.43. The number of hydrogen-bond donors (Lipinski definition) is 1. The summed E-state index contributed by atoms with van der Waals surface area (Å²) in [5.74, 6) is 0.201. The summed E-state index contributed by atoms with van der Waals surface area (Å²) in [4.78, 5) is 50.4. The maximum atomic E-state index is 15.0. The van der Waals surface area contributed by atoms with Crippen molar-refractivity contribution in [3.63, 3.8) is 0 Å². The van der Waals surface area contributed by atoms with Gasteiger partial charge in [-0.25, -0.2) is 5.43 Å². The van der Waals surface area contributed by atoms with E-state index in [4.69, 9.17) is 14.5 Å². The van der Waals surface area contributed by atoms with Gasteiger partial charge in [-0.1, -0.05) is 32.9 Å². The van der Waals surface area contributed by atoms with Crippen LogP contribution in [0.15, 0.2) is 42.6 Å². The molecule has 6 bridgehead atoms. The Morgan fingerprint density at radius 2 is 2.02 bits per heavy atom. The Kier molecular flexibility index (Phi) is 9.43. The molecule has 2 aliphatic carbocycles. The van der Waals surface area contributed by atoms with Crippen LogP contribution in [-0.4, -0.2) is 103 Å². The number of amides is 1. The lowest BCUT2D eigenvalue weighted by Gasteiger charge is -2.52. The average molecular weight is 789 g/mol. The Morgan fingerprint density at radius 1 is 1.21 bits per heavy atom. The highest BCUT2D eigenvalue weighted by Gasteiger charge is 2.78. The molecule has 2 aromatic heterocycles. The number of methoxy groups -OCH3 is 1. The topological polar surface area (TPSA) is 106 Å². The number of hydrogen-bond acceptors (Lipinski definition) is 8. The second kappa shape index (κ2) is 13.9. The lowest BCUT2D eigenvalue weighted by molar-refractivity contribution is -0.167. The van der Waals surface area contributed by atoms with E-state index in [1.54, 1.807) is 12.1 Å². The van der Waals surface area contributed by atoms with E-state index in [-0.39, 0.29) is 35.9 Å². The number of rotatable bonds is 6. The molecule has 4 fully saturated rings. The molecule has 3 aromatic rings. The van der Waals surface area contributed by atoms with Crippen molar-refractivity contribution in [2.24, 2.45) is 28.6 Å². The van der Waals surface area contributed by atoms with Crippen molar-refractivity contribution in [2.75, 3.05) is 39.9 Å². The van der Waals surface area contributed by atoms with Gasteiger partial charge in [-0.3, -0.25) is 29.3 Å². The zero-order valence-electron chi connectivity index (χ0n) is 33.6. The smallest absolute Gasteiger partial charge is 0.324 e. The molecule has 293 valence electrons. The molecule has 4 unspecified atom stereocenters. The van der Waals surface area contributed by atoms with Crippen molar-refractivity contribution in [1.82, 2.24) is 24.9 Å². The Morgan fingerprint density at radius 3 is 2.77 bits per heavy atom. The molecule has 9 rings (SSSR count). The van der Waals surface area contributed by atoms with Crippen molar-refractivity contribution in [3.8, 4) is 11.3 Å². The molecule has 10 nitrogen and oxygen atoms in total. The van der Waals surface area contributed by atoms with E-state index in [9.17, 15) is 9.59 Å². The number of carbonyl (C=O) groups is 3. The molecular weight excluding hydrogens is 735 g/mol. The molecule has 1 spiro atoms. The van der Waals surface area contributed by atoms with E-state index in [1.165, 1.54) is 22.1 Å². The second-order valence-corrected chi connectivity index (χ2v) is 20.9. The second-order valence-electron chi connectivity index (χ2n) is 18.3. The molecule has 2 saturated heterocycles. The molecule has 4 aliphatic heterocycles. The molecule has 1 amide bonds. The molecule has 2 saturated carbocycles. The van der Waals surface area contributed by atoms with Gasteiger partial charge in [0.15, 0.2) is 0 Å². The van der Waals surface area contributed by atoms with Crippen LogP contribution >= 0.6 is 0 Å². The van der Waals surface area contributed by atoms with E-state index >= 15 is 4.79 Å². The third kappa shape index (κ3) is 6.20. The number of ketones is 1. The van der Waals surface area contributed by atoms with Gasteiger partial charge in [0.05, 0.1) is 38.9 Å². The van der Waals surface area contributed by atoms with Crippen LogP contribution in [0.2, 0.25) is 11.1 Å². The minimum absolute atomic E-state index is 0.00707. The first-order valence-corrected chi connectivity index (χ1v) is 22.3. The van der Waals surface area contributed by atoms with E-state index in [0.717, 1.165) is 48.4 Å². The van der Waals surface area contributed by atoms with E-state index in [2.05, 4.69) is 83.2 Å². The van der Waals surface area contributed by atoms with Gasteiger partial charge in [0.1, 0.15) is 11.8 Å². The summed E-state index contributed by atoms with van der Waals surface area (Å²) in [5, 5.41) is 2.06. The van der Waals surface area contributed by atoms with Gasteiger partial charge >= 0.3 is 5.97 Å². The number of nitrogens with zero attached hydrogens (tertiary/aromatic N) is 4. The molecule has 1 aromatic carbocycles. The zero-order chi connectivity index (χ0) is 39.3. The molecule has 9 atom stereocenters. The number of Topliss-reactive ketones (excluding diaryl/α,β-unsaturated/α-hetero) is 1. The first-order chi connectivity index (χ1) is 26.8. The number of aryl methyl sites for hydroxylation is 1. The first-order valence-electron chi connectivity index (χ1n) is 20.7. The fourth-order valence-corrected chi connectivity index (χ4v) is 12.8. The SMILES string of the molecule is CCn1c(-c2cccnc2[C@@](C)([Si])OC)c2c3cc(ccc31)C1=CCCN(C1)CC1(C(=O)N3CCC[C@H](N3)C(=O)OCC(C)(C)C2)C2[Si][C@H]2C1C(=O)[C@H]1C[C@@H]1C. The van der Waals surface area contributed by atoms with Crippen LogP contribution in [0.5, 0.6) is 0 Å². The highest BCUT2D eigenvalue weighted by molar-refractivity contribution is 6.58. The predicted octanol–water partition coefficient (Wildman–Crippen LogP) is 5.56. The standard InChI is InChI=1S/C44H54N5O5Si2/c1-7-48-33-15-14-26-20-30(33)31(35(48)28-12-8-16-45-38(28)43(5,55)53-6)21-42(3,4)24-54-40(51)32-13-10-18-49(46-32)41(52)44(23-47-17-9-11-27(26)22-47)34(37-39(44)56-37)36(50)29-19-25(29)2/h8,11-12,14-16,20,25,29,32,34,37,39,46H,7,9-10,13,17-19,21-24H2,1-6H3/t25-,29-,32-,34?,37-,39?,43+,44?/m0/s1. The summed E-state index contributed by atoms with van der Waals surface area (Å²) in [6, 6.07) is 10.3. The van der Waals surface area contributed by atoms with Gasteiger partial charge in [0.2, 0.25) is 5.91 Å². The van der Waals surface area contributed by atoms with Crippen LogP contribution in [0.4, 0.5) is 0 Å². The molecule has 1 N–H and O–H groups in total. The molecule has 56 heavy (non-hydrogen) atoms. The van der Waals surface area contributed by atoms with Crippen molar-refractivity contribution in [3.05, 3.63) is 59.4 Å². The number of pyridine rings is 1. The van der Waals surface area contributed by atoms with Gasteiger partial charge in [-0.2, -0.15) is 0 Å². The molecule has 12 heteroatoms. The van der Waals surface area contributed by atoms with Crippen molar-refractivity contribution >= 4 is 53.9 Å². The van der Waals surface area contributed by atoms with Crippen LogP contribution in [0.3, 0.4) is 0 Å². The number of esters is 1. The number of benzene rings is 1. The summed E-state index contributed by atoms with van der Waals surface area (Å²) in [6.07, 6.45) is 7.93. The number of hydrazine groups is 1. The molecule has 6 aliphatic rings. The number of ether oxygens (including phenoxy) is 2. The van der Waals surface area contributed by atoms with Crippen LogP contribution in [-0.2, 0) is 42.0 Å².